The van der Waals surface area contributed by atoms with Crippen molar-refractivity contribution in [3.05, 3.63) is 40.4 Å². The number of carbonyl (C=O) groups is 2. The highest BCUT2D eigenvalue weighted by atomic mass is 35.5. The molecule has 0 atom stereocenters. The summed E-state index contributed by atoms with van der Waals surface area (Å²) < 4.78 is 10.8. The summed E-state index contributed by atoms with van der Waals surface area (Å²) in [6.45, 7) is 0. The Balaban J connectivity index is 1.87. The lowest BCUT2D eigenvalue weighted by atomic mass is 9.93. The van der Waals surface area contributed by atoms with Crippen molar-refractivity contribution < 1.29 is 19.1 Å². The molecule has 5 heteroatoms. The fourth-order valence-corrected chi connectivity index (χ4v) is 2.90. The van der Waals surface area contributed by atoms with E-state index in [9.17, 15) is 9.59 Å². The molecule has 1 aliphatic carbocycles. The largest absolute Gasteiger partial charge is 0.419 e. The number of esters is 2. The summed E-state index contributed by atoms with van der Waals surface area (Å²) in [5.74, 6) is -2.31. The van der Waals surface area contributed by atoms with E-state index >= 15 is 0 Å². The van der Waals surface area contributed by atoms with Crippen LogP contribution in [0.4, 0.5) is 0 Å². The van der Waals surface area contributed by atoms with Gasteiger partial charge in [-0.15, -0.1) is 0 Å². The van der Waals surface area contributed by atoms with Gasteiger partial charge in [-0.25, -0.2) is 9.59 Å². The van der Waals surface area contributed by atoms with Crippen molar-refractivity contribution in [3.8, 4) is 0 Å². The van der Waals surface area contributed by atoms with E-state index in [1.54, 1.807) is 24.3 Å². The Bertz CT molecular complexity index is 592. The summed E-state index contributed by atoms with van der Waals surface area (Å²) in [4.78, 5) is 24.3. The van der Waals surface area contributed by atoms with Crippen LogP contribution in [0.5, 0.6) is 0 Å². The Labute approximate surface area is 127 Å². The summed E-state index contributed by atoms with van der Waals surface area (Å²) in [6, 6.07) is 6.97. The van der Waals surface area contributed by atoms with Gasteiger partial charge in [0, 0.05) is 17.9 Å². The minimum absolute atomic E-state index is 0.112. The van der Waals surface area contributed by atoms with Crippen LogP contribution < -0.4 is 0 Å². The molecule has 0 amide bonds. The molecule has 0 N–H and O–H groups in total. The van der Waals surface area contributed by atoms with Gasteiger partial charge in [-0.05, 0) is 30.5 Å². The van der Waals surface area contributed by atoms with Gasteiger partial charge in [-0.3, -0.25) is 0 Å². The van der Waals surface area contributed by atoms with Crippen LogP contribution in [0.1, 0.15) is 37.7 Å². The molecule has 1 saturated carbocycles. The molecule has 0 aromatic heterocycles. The summed E-state index contributed by atoms with van der Waals surface area (Å²) in [6.07, 6.45) is 5.42. The van der Waals surface area contributed by atoms with Crippen LogP contribution in [0.2, 0.25) is 5.02 Å². The van der Waals surface area contributed by atoms with Crippen LogP contribution >= 0.6 is 11.6 Å². The highest BCUT2D eigenvalue weighted by Crippen LogP contribution is 2.37. The number of carbonyl (C=O) groups excluding carboxylic acids is 2. The zero-order valence-corrected chi connectivity index (χ0v) is 12.2. The number of hydrogen-bond donors (Lipinski definition) is 0. The van der Waals surface area contributed by atoms with E-state index in [4.69, 9.17) is 21.1 Å². The standard InChI is InChI=1S/C16H15ClO4/c17-13-7-3-2-6-11(13)10-12-14(18)20-16(21-15(12)19)8-4-1-5-9-16/h2-3,6-7,10H,1,4-5,8-9H2. The van der Waals surface area contributed by atoms with Gasteiger partial charge in [0.15, 0.2) is 0 Å². The van der Waals surface area contributed by atoms with Gasteiger partial charge >= 0.3 is 11.9 Å². The van der Waals surface area contributed by atoms with E-state index < -0.39 is 17.7 Å². The van der Waals surface area contributed by atoms with Crippen LogP contribution in [0, 0.1) is 0 Å². The van der Waals surface area contributed by atoms with Gasteiger partial charge < -0.3 is 9.47 Å². The Morgan fingerprint density at radius 3 is 2.24 bits per heavy atom. The molecule has 3 rings (SSSR count). The van der Waals surface area contributed by atoms with Crippen LogP contribution in [-0.2, 0) is 19.1 Å². The molecule has 1 aliphatic heterocycles. The third-order valence-corrected chi connectivity index (χ3v) is 4.16. The number of benzene rings is 1. The summed E-state index contributed by atoms with van der Waals surface area (Å²) in [5, 5.41) is 0.462. The van der Waals surface area contributed by atoms with Gasteiger partial charge in [0.2, 0.25) is 0 Å². The monoisotopic (exact) mass is 306 g/mol. The minimum Gasteiger partial charge on any atom is -0.419 e. The average Bonchev–Trinajstić information content (AvgIpc) is 2.45. The van der Waals surface area contributed by atoms with Crippen molar-refractivity contribution in [2.75, 3.05) is 0 Å². The van der Waals surface area contributed by atoms with E-state index in [2.05, 4.69) is 0 Å². The molecule has 110 valence electrons. The second kappa shape index (κ2) is 5.53. The van der Waals surface area contributed by atoms with Crippen molar-refractivity contribution in [1.29, 1.82) is 0 Å². The first kappa shape index (κ1) is 14.1. The summed E-state index contributed by atoms with van der Waals surface area (Å²) >= 11 is 6.03. The zero-order valence-electron chi connectivity index (χ0n) is 11.4. The maximum Gasteiger partial charge on any atom is 0.348 e. The van der Waals surface area contributed by atoms with E-state index in [0.717, 1.165) is 19.3 Å². The van der Waals surface area contributed by atoms with E-state index in [1.165, 1.54) is 6.08 Å². The number of ether oxygens (including phenoxy) is 2. The fraction of sp³-hybridized carbons (Fsp3) is 0.375. The van der Waals surface area contributed by atoms with Crippen molar-refractivity contribution in [2.45, 2.75) is 37.9 Å². The van der Waals surface area contributed by atoms with Crippen LogP contribution in [0.15, 0.2) is 29.8 Å². The summed E-state index contributed by atoms with van der Waals surface area (Å²) in [7, 11) is 0. The van der Waals surface area contributed by atoms with Crippen LogP contribution in [0.3, 0.4) is 0 Å². The second-order valence-corrected chi connectivity index (χ2v) is 5.74. The van der Waals surface area contributed by atoms with Crippen LogP contribution in [-0.4, -0.2) is 17.7 Å². The van der Waals surface area contributed by atoms with E-state index in [-0.39, 0.29) is 5.57 Å². The molecule has 2 fully saturated rings. The molecule has 1 spiro atoms. The minimum atomic E-state index is -1.05. The fourth-order valence-electron chi connectivity index (χ4n) is 2.71. The molecule has 2 aliphatic rings. The van der Waals surface area contributed by atoms with Crippen molar-refractivity contribution >= 4 is 29.6 Å². The maximum atomic E-state index is 12.2. The number of rotatable bonds is 1. The molecule has 1 saturated heterocycles. The number of halogens is 1. The Hall–Kier alpha value is -1.81. The van der Waals surface area contributed by atoms with Crippen molar-refractivity contribution in [1.82, 2.24) is 0 Å². The molecule has 4 nitrogen and oxygen atoms in total. The van der Waals surface area contributed by atoms with Gasteiger partial charge in [0.1, 0.15) is 5.57 Å². The number of hydrogen-bond acceptors (Lipinski definition) is 4. The van der Waals surface area contributed by atoms with E-state index in [1.807, 2.05) is 0 Å². The molecule has 1 aromatic carbocycles. The van der Waals surface area contributed by atoms with Crippen molar-refractivity contribution in [2.24, 2.45) is 0 Å². The lowest BCUT2D eigenvalue weighted by Gasteiger charge is -2.38. The molecule has 0 radical (unpaired) electrons. The highest BCUT2D eigenvalue weighted by Gasteiger charge is 2.46. The van der Waals surface area contributed by atoms with Crippen LogP contribution in [0.25, 0.3) is 6.08 Å². The SMILES string of the molecule is O=C1OC2(CCCCC2)OC(=O)C1=Cc1ccccc1Cl. The second-order valence-electron chi connectivity index (χ2n) is 5.33. The first-order valence-electron chi connectivity index (χ1n) is 7.03. The Morgan fingerprint density at radius 1 is 1.00 bits per heavy atom. The molecular weight excluding hydrogens is 292 g/mol. The molecule has 0 bridgehead atoms. The lowest BCUT2D eigenvalue weighted by molar-refractivity contribution is -0.244. The highest BCUT2D eigenvalue weighted by molar-refractivity contribution is 6.32. The Kier molecular flexibility index (Phi) is 3.72. The van der Waals surface area contributed by atoms with Gasteiger partial charge in [0.05, 0.1) is 0 Å². The lowest BCUT2D eigenvalue weighted by Crippen LogP contribution is -2.47. The third kappa shape index (κ3) is 2.81. The normalized spacial score (nSPS) is 20.9. The maximum absolute atomic E-state index is 12.2. The first-order valence-corrected chi connectivity index (χ1v) is 7.40. The average molecular weight is 307 g/mol. The molecule has 0 unspecified atom stereocenters. The van der Waals surface area contributed by atoms with Gasteiger partial charge in [-0.1, -0.05) is 36.2 Å². The van der Waals surface area contributed by atoms with Crippen molar-refractivity contribution in [3.63, 3.8) is 0 Å². The van der Waals surface area contributed by atoms with E-state index in [0.29, 0.717) is 23.4 Å². The predicted molar refractivity (Wildman–Crippen MR) is 77.4 cm³/mol. The van der Waals surface area contributed by atoms with Gasteiger partial charge in [0.25, 0.3) is 5.79 Å². The molecular formula is C16H15ClO4. The zero-order chi connectivity index (χ0) is 14.9. The smallest absolute Gasteiger partial charge is 0.348 e. The topological polar surface area (TPSA) is 52.6 Å². The molecule has 21 heavy (non-hydrogen) atoms. The first-order chi connectivity index (χ1) is 10.1. The van der Waals surface area contributed by atoms with Gasteiger partial charge in [-0.2, -0.15) is 0 Å². The summed E-state index contributed by atoms with van der Waals surface area (Å²) in [5.41, 5.74) is 0.474. The predicted octanol–water partition coefficient (Wildman–Crippen LogP) is 3.48. The quantitative estimate of drug-likeness (QED) is 0.453. The molecule has 1 aromatic rings. The third-order valence-electron chi connectivity index (χ3n) is 3.82. The Morgan fingerprint density at radius 2 is 1.62 bits per heavy atom. The molecule has 1 heterocycles.